The van der Waals surface area contributed by atoms with Crippen molar-refractivity contribution in [1.82, 2.24) is 4.90 Å². The lowest BCUT2D eigenvalue weighted by Crippen LogP contribution is -2.39. The predicted octanol–water partition coefficient (Wildman–Crippen LogP) is 5.08. The molecule has 2 aromatic rings. The fourth-order valence-corrected chi connectivity index (χ4v) is 2.65. The monoisotopic (exact) mass is 325 g/mol. The van der Waals surface area contributed by atoms with Gasteiger partial charge in [0.15, 0.2) is 0 Å². The van der Waals surface area contributed by atoms with Crippen LogP contribution in [0.5, 0.6) is 0 Å². The lowest BCUT2D eigenvalue weighted by Gasteiger charge is -2.30. The fourth-order valence-electron chi connectivity index (χ4n) is 2.65. The molecular weight excluding hydrogens is 298 g/mol. The fraction of sp³-hybridized carbons (Fsp3) is 0.381. The Kier molecular flexibility index (Phi) is 6.02. The molecule has 2 rings (SSSR count). The summed E-state index contributed by atoms with van der Waals surface area (Å²) in [6.45, 7) is 8.88. The largest absolute Gasteiger partial charge is 0.444 e. The van der Waals surface area contributed by atoms with E-state index in [4.69, 9.17) is 4.74 Å². The summed E-state index contributed by atoms with van der Waals surface area (Å²) in [4.78, 5) is 14.3. The van der Waals surface area contributed by atoms with Gasteiger partial charge in [-0.25, -0.2) is 4.79 Å². The predicted molar refractivity (Wildman–Crippen MR) is 98.2 cm³/mol. The SMILES string of the molecule is CCN(CC(c1ccccc1)c1ccccc1)C(=O)OC(C)(C)C. The standard InChI is InChI=1S/C21H27NO2/c1-5-22(20(23)24-21(2,3)4)16-19(17-12-8-6-9-13-17)18-14-10-7-11-15-18/h6-15,19H,5,16H2,1-4H3. The first-order chi connectivity index (χ1) is 11.4. The summed E-state index contributed by atoms with van der Waals surface area (Å²) in [6, 6.07) is 20.6. The Hall–Kier alpha value is -2.29. The van der Waals surface area contributed by atoms with Crippen LogP contribution in [-0.4, -0.2) is 29.7 Å². The average Bonchev–Trinajstić information content (AvgIpc) is 2.56. The Morgan fingerprint density at radius 1 is 0.958 bits per heavy atom. The third-order valence-electron chi connectivity index (χ3n) is 3.84. The van der Waals surface area contributed by atoms with Crippen LogP contribution in [0.2, 0.25) is 0 Å². The normalized spacial score (nSPS) is 11.4. The summed E-state index contributed by atoms with van der Waals surface area (Å²) in [5, 5.41) is 0. The second kappa shape index (κ2) is 8.00. The van der Waals surface area contributed by atoms with Crippen molar-refractivity contribution in [2.45, 2.75) is 39.2 Å². The van der Waals surface area contributed by atoms with Gasteiger partial charge in [0.2, 0.25) is 0 Å². The van der Waals surface area contributed by atoms with Crippen LogP contribution in [0.3, 0.4) is 0 Å². The zero-order valence-corrected chi connectivity index (χ0v) is 15.0. The van der Waals surface area contributed by atoms with Crippen LogP contribution in [0.1, 0.15) is 44.7 Å². The molecule has 0 aliphatic heterocycles. The first-order valence-corrected chi connectivity index (χ1v) is 8.48. The van der Waals surface area contributed by atoms with Crippen molar-refractivity contribution in [2.24, 2.45) is 0 Å². The lowest BCUT2D eigenvalue weighted by molar-refractivity contribution is 0.0254. The van der Waals surface area contributed by atoms with Gasteiger partial charge in [-0.3, -0.25) is 0 Å². The highest BCUT2D eigenvalue weighted by molar-refractivity contribution is 5.68. The average molecular weight is 325 g/mol. The summed E-state index contributed by atoms with van der Waals surface area (Å²) < 4.78 is 5.55. The van der Waals surface area contributed by atoms with Gasteiger partial charge in [0.1, 0.15) is 5.60 Å². The van der Waals surface area contributed by atoms with Gasteiger partial charge in [0, 0.05) is 19.0 Å². The van der Waals surface area contributed by atoms with Crippen molar-refractivity contribution < 1.29 is 9.53 Å². The molecule has 3 nitrogen and oxygen atoms in total. The number of rotatable bonds is 5. The molecule has 0 unspecified atom stereocenters. The number of ether oxygens (including phenoxy) is 1. The van der Waals surface area contributed by atoms with E-state index in [0.717, 1.165) is 0 Å². The summed E-state index contributed by atoms with van der Waals surface area (Å²) in [6.07, 6.45) is -0.262. The highest BCUT2D eigenvalue weighted by Gasteiger charge is 2.25. The van der Waals surface area contributed by atoms with Crippen LogP contribution < -0.4 is 0 Å². The lowest BCUT2D eigenvalue weighted by atomic mass is 9.91. The van der Waals surface area contributed by atoms with Crippen LogP contribution in [0, 0.1) is 0 Å². The molecule has 0 N–H and O–H groups in total. The van der Waals surface area contributed by atoms with E-state index in [1.165, 1.54) is 11.1 Å². The smallest absolute Gasteiger partial charge is 0.410 e. The van der Waals surface area contributed by atoms with E-state index in [1.807, 2.05) is 64.1 Å². The minimum Gasteiger partial charge on any atom is -0.444 e. The van der Waals surface area contributed by atoms with Crippen molar-refractivity contribution in [3.05, 3.63) is 71.8 Å². The molecule has 0 bridgehead atoms. The number of carbonyl (C=O) groups is 1. The van der Waals surface area contributed by atoms with E-state index in [1.54, 1.807) is 4.90 Å². The Balaban J connectivity index is 2.26. The Bertz CT molecular complexity index is 592. The highest BCUT2D eigenvalue weighted by atomic mass is 16.6. The van der Waals surface area contributed by atoms with Crippen LogP contribution in [0.4, 0.5) is 4.79 Å². The van der Waals surface area contributed by atoms with Crippen LogP contribution >= 0.6 is 0 Å². The van der Waals surface area contributed by atoms with Gasteiger partial charge in [0.05, 0.1) is 0 Å². The number of carbonyl (C=O) groups excluding carboxylic acids is 1. The third-order valence-corrected chi connectivity index (χ3v) is 3.84. The van der Waals surface area contributed by atoms with Gasteiger partial charge < -0.3 is 9.64 Å². The van der Waals surface area contributed by atoms with Gasteiger partial charge in [-0.1, -0.05) is 60.7 Å². The molecule has 24 heavy (non-hydrogen) atoms. The first kappa shape index (κ1) is 18.1. The summed E-state index contributed by atoms with van der Waals surface area (Å²) in [5.41, 5.74) is 1.91. The van der Waals surface area contributed by atoms with Gasteiger partial charge in [-0.2, -0.15) is 0 Å². The molecule has 0 aliphatic rings. The van der Waals surface area contributed by atoms with Crippen molar-refractivity contribution in [2.75, 3.05) is 13.1 Å². The van der Waals surface area contributed by atoms with E-state index < -0.39 is 5.60 Å². The molecule has 0 aromatic heterocycles. The Morgan fingerprint density at radius 2 is 1.42 bits per heavy atom. The topological polar surface area (TPSA) is 29.5 Å². The Morgan fingerprint density at radius 3 is 1.79 bits per heavy atom. The molecular formula is C21H27NO2. The molecule has 3 heteroatoms. The third kappa shape index (κ3) is 5.12. The van der Waals surface area contributed by atoms with Gasteiger partial charge in [-0.15, -0.1) is 0 Å². The second-order valence-electron chi connectivity index (χ2n) is 6.89. The molecule has 1 amide bonds. The molecule has 128 valence electrons. The van der Waals surface area contributed by atoms with Crippen molar-refractivity contribution in [1.29, 1.82) is 0 Å². The maximum absolute atomic E-state index is 12.5. The molecule has 0 saturated heterocycles. The van der Waals surface area contributed by atoms with E-state index in [9.17, 15) is 4.79 Å². The Labute approximate surface area is 145 Å². The maximum Gasteiger partial charge on any atom is 0.410 e. The minimum atomic E-state index is -0.487. The van der Waals surface area contributed by atoms with Crippen LogP contribution in [-0.2, 0) is 4.74 Å². The maximum atomic E-state index is 12.5. The number of nitrogens with zero attached hydrogens (tertiary/aromatic N) is 1. The number of hydrogen-bond donors (Lipinski definition) is 0. The summed E-state index contributed by atoms with van der Waals surface area (Å²) in [5.74, 6) is 0.125. The molecule has 0 aliphatic carbocycles. The van der Waals surface area contributed by atoms with Gasteiger partial charge in [-0.05, 0) is 38.8 Å². The zero-order chi connectivity index (χ0) is 17.6. The van der Waals surface area contributed by atoms with E-state index >= 15 is 0 Å². The molecule has 0 atom stereocenters. The molecule has 0 fully saturated rings. The molecule has 0 saturated carbocycles. The van der Waals surface area contributed by atoms with Gasteiger partial charge in [0.25, 0.3) is 0 Å². The molecule has 0 spiro atoms. The van der Waals surface area contributed by atoms with E-state index in [2.05, 4.69) is 24.3 Å². The number of benzene rings is 2. The quantitative estimate of drug-likeness (QED) is 0.767. The zero-order valence-electron chi connectivity index (χ0n) is 15.0. The van der Waals surface area contributed by atoms with Crippen LogP contribution in [0.15, 0.2) is 60.7 Å². The van der Waals surface area contributed by atoms with E-state index in [-0.39, 0.29) is 12.0 Å². The molecule has 2 aromatic carbocycles. The highest BCUT2D eigenvalue weighted by Crippen LogP contribution is 2.26. The molecule has 0 heterocycles. The van der Waals surface area contributed by atoms with E-state index in [0.29, 0.717) is 13.1 Å². The molecule has 0 radical (unpaired) electrons. The van der Waals surface area contributed by atoms with Crippen molar-refractivity contribution in [3.63, 3.8) is 0 Å². The summed E-state index contributed by atoms with van der Waals surface area (Å²) in [7, 11) is 0. The van der Waals surface area contributed by atoms with Crippen molar-refractivity contribution >= 4 is 6.09 Å². The second-order valence-corrected chi connectivity index (χ2v) is 6.89. The van der Waals surface area contributed by atoms with Gasteiger partial charge >= 0.3 is 6.09 Å². The number of hydrogen-bond acceptors (Lipinski definition) is 2. The van der Waals surface area contributed by atoms with Crippen molar-refractivity contribution in [3.8, 4) is 0 Å². The number of amides is 1. The number of likely N-dealkylation sites (N-methyl/N-ethyl adjacent to an activating group) is 1. The van der Waals surface area contributed by atoms with Crippen LogP contribution in [0.25, 0.3) is 0 Å². The minimum absolute atomic E-state index is 0.125. The summed E-state index contributed by atoms with van der Waals surface area (Å²) >= 11 is 0. The first-order valence-electron chi connectivity index (χ1n) is 8.48.